The van der Waals surface area contributed by atoms with Gasteiger partial charge in [-0.1, -0.05) is 29.3 Å². The summed E-state index contributed by atoms with van der Waals surface area (Å²) in [7, 11) is 0. The van der Waals surface area contributed by atoms with Crippen molar-refractivity contribution < 1.29 is 4.79 Å². The lowest BCUT2D eigenvalue weighted by molar-refractivity contribution is -0.121. The summed E-state index contributed by atoms with van der Waals surface area (Å²) in [5, 5.41) is 10.2. The SMILES string of the molecule is CC(NC(=O)CCc1n[nH]c(=S)[nH]c1=O)c1ccc(Cl)cc1Cl. The van der Waals surface area contributed by atoms with Gasteiger partial charge in [0.2, 0.25) is 5.91 Å². The number of aromatic nitrogens is 3. The lowest BCUT2D eigenvalue weighted by Crippen LogP contribution is -2.28. The Balaban J connectivity index is 1.96. The lowest BCUT2D eigenvalue weighted by atomic mass is 10.1. The molecule has 3 N–H and O–H groups in total. The van der Waals surface area contributed by atoms with Crippen LogP contribution in [-0.4, -0.2) is 21.1 Å². The van der Waals surface area contributed by atoms with Gasteiger partial charge in [-0.3, -0.25) is 19.7 Å². The fourth-order valence-corrected chi connectivity index (χ4v) is 2.73. The van der Waals surface area contributed by atoms with Gasteiger partial charge in [0.25, 0.3) is 5.56 Å². The van der Waals surface area contributed by atoms with Crippen molar-refractivity contribution in [3.8, 4) is 0 Å². The summed E-state index contributed by atoms with van der Waals surface area (Å²) in [6.07, 6.45) is 0.324. The summed E-state index contributed by atoms with van der Waals surface area (Å²) in [6, 6.07) is 4.82. The predicted molar refractivity (Wildman–Crippen MR) is 91.4 cm³/mol. The maximum absolute atomic E-state index is 12.0. The van der Waals surface area contributed by atoms with Crippen molar-refractivity contribution in [3.63, 3.8) is 0 Å². The molecule has 0 bridgehead atoms. The third kappa shape index (κ3) is 4.89. The smallest absolute Gasteiger partial charge is 0.273 e. The highest BCUT2D eigenvalue weighted by Gasteiger charge is 2.14. The largest absolute Gasteiger partial charge is 0.350 e. The molecule has 1 amide bonds. The zero-order chi connectivity index (χ0) is 17.0. The number of H-pyrrole nitrogens is 2. The maximum Gasteiger partial charge on any atom is 0.273 e. The molecule has 0 saturated carbocycles. The number of nitrogens with zero attached hydrogens (tertiary/aromatic N) is 1. The summed E-state index contributed by atoms with van der Waals surface area (Å²) in [5.74, 6) is -0.216. The van der Waals surface area contributed by atoms with Crippen molar-refractivity contribution in [2.24, 2.45) is 0 Å². The molecule has 2 aromatic rings. The van der Waals surface area contributed by atoms with Gasteiger partial charge in [0.15, 0.2) is 4.77 Å². The standard InChI is InChI=1S/C14H14Cl2N4O2S/c1-7(9-3-2-8(15)6-10(9)16)17-12(21)5-4-11-13(22)18-14(23)20-19-11/h2-3,6-7H,4-5H2,1H3,(H,17,21)(H2,18,20,22,23). The molecule has 6 nitrogen and oxygen atoms in total. The van der Waals surface area contributed by atoms with Crippen molar-refractivity contribution in [2.45, 2.75) is 25.8 Å². The highest BCUT2D eigenvalue weighted by Crippen LogP contribution is 2.26. The summed E-state index contributed by atoms with van der Waals surface area (Å²) >= 11 is 16.7. The Morgan fingerprint density at radius 2 is 2.17 bits per heavy atom. The second-order valence-electron chi connectivity index (χ2n) is 4.91. The summed E-state index contributed by atoms with van der Waals surface area (Å²) in [4.78, 5) is 26.0. The number of aromatic amines is 2. The highest BCUT2D eigenvalue weighted by atomic mass is 35.5. The van der Waals surface area contributed by atoms with Gasteiger partial charge >= 0.3 is 0 Å². The van der Waals surface area contributed by atoms with Crippen molar-refractivity contribution >= 4 is 41.3 Å². The Morgan fingerprint density at radius 1 is 1.43 bits per heavy atom. The number of benzene rings is 1. The number of halogens is 2. The third-order valence-corrected chi connectivity index (χ3v) is 3.93. The van der Waals surface area contributed by atoms with E-state index in [2.05, 4.69) is 20.5 Å². The van der Waals surface area contributed by atoms with Crippen molar-refractivity contribution in [1.29, 1.82) is 0 Å². The first kappa shape index (κ1) is 17.7. The molecule has 0 aliphatic carbocycles. The third-order valence-electron chi connectivity index (χ3n) is 3.18. The number of aryl methyl sites for hydroxylation is 1. The molecule has 0 saturated heterocycles. The van der Waals surface area contributed by atoms with Crippen LogP contribution >= 0.6 is 35.4 Å². The van der Waals surface area contributed by atoms with E-state index in [4.69, 9.17) is 35.4 Å². The van der Waals surface area contributed by atoms with Crippen LogP contribution in [0.3, 0.4) is 0 Å². The first-order chi connectivity index (χ1) is 10.9. The number of hydrogen-bond donors (Lipinski definition) is 3. The number of rotatable bonds is 5. The Bertz CT molecular complexity index is 834. The Morgan fingerprint density at radius 3 is 2.83 bits per heavy atom. The molecule has 9 heteroatoms. The van der Waals surface area contributed by atoms with Gasteiger partial charge < -0.3 is 5.32 Å². The van der Waals surface area contributed by atoms with Crippen LogP contribution in [0, 0.1) is 4.77 Å². The molecule has 122 valence electrons. The highest BCUT2D eigenvalue weighted by molar-refractivity contribution is 7.71. The number of nitrogens with one attached hydrogen (secondary N) is 3. The van der Waals surface area contributed by atoms with Crippen LogP contribution in [0.4, 0.5) is 0 Å². The van der Waals surface area contributed by atoms with Crippen LogP contribution in [0.25, 0.3) is 0 Å². The number of amides is 1. The monoisotopic (exact) mass is 372 g/mol. The molecule has 1 aromatic heterocycles. The van der Waals surface area contributed by atoms with Crippen LogP contribution in [0.2, 0.25) is 10.0 Å². The van der Waals surface area contributed by atoms with Gasteiger partial charge in [0.05, 0.1) is 6.04 Å². The fourth-order valence-electron chi connectivity index (χ4n) is 2.02. The normalized spacial score (nSPS) is 12.0. The topological polar surface area (TPSA) is 90.6 Å². The Hall–Kier alpha value is -1.70. The molecule has 0 fully saturated rings. The van der Waals surface area contributed by atoms with E-state index in [1.165, 1.54) is 0 Å². The van der Waals surface area contributed by atoms with Crippen LogP contribution in [0.5, 0.6) is 0 Å². The number of carbonyl (C=O) groups excluding carboxylic acids is 1. The molecule has 1 unspecified atom stereocenters. The Kier molecular flexibility index (Phi) is 5.92. The van der Waals surface area contributed by atoms with E-state index < -0.39 is 5.56 Å². The molecule has 0 radical (unpaired) electrons. The number of carbonyl (C=O) groups is 1. The summed E-state index contributed by atoms with van der Waals surface area (Å²) < 4.78 is 0.147. The Labute approximate surface area is 147 Å². The van der Waals surface area contributed by atoms with Gasteiger partial charge in [-0.25, -0.2) is 0 Å². The molecular formula is C14H14Cl2N4O2S. The van der Waals surface area contributed by atoms with Crippen molar-refractivity contribution in [2.75, 3.05) is 0 Å². The molecule has 0 aliphatic heterocycles. The second-order valence-corrected chi connectivity index (χ2v) is 6.16. The van der Waals surface area contributed by atoms with Gasteiger partial charge in [0, 0.05) is 22.9 Å². The minimum absolute atomic E-state index is 0.121. The van der Waals surface area contributed by atoms with E-state index in [0.29, 0.717) is 10.0 Å². The van der Waals surface area contributed by atoms with Crippen LogP contribution in [-0.2, 0) is 11.2 Å². The molecule has 0 aliphatic rings. The molecule has 0 spiro atoms. The molecule has 2 rings (SSSR count). The zero-order valence-corrected chi connectivity index (χ0v) is 14.5. The molecule has 1 heterocycles. The average Bonchev–Trinajstić information content (AvgIpc) is 2.46. The summed E-state index contributed by atoms with van der Waals surface area (Å²) in [6.45, 7) is 1.82. The molecule has 1 aromatic carbocycles. The molecular weight excluding hydrogens is 359 g/mol. The minimum atomic E-state index is -0.393. The van der Waals surface area contributed by atoms with E-state index in [0.717, 1.165) is 5.56 Å². The molecule has 23 heavy (non-hydrogen) atoms. The number of hydrogen-bond acceptors (Lipinski definition) is 4. The lowest BCUT2D eigenvalue weighted by Gasteiger charge is -2.15. The van der Waals surface area contributed by atoms with Gasteiger partial charge in [-0.2, -0.15) is 5.10 Å². The van der Waals surface area contributed by atoms with E-state index >= 15 is 0 Å². The average molecular weight is 373 g/mol. The second kappa shape index (κ2) is 7.72. The van der Waals surface area contributed by atoms with E-state index in [-0.39, 0.29) is 35.3 Å². The van der Waals surface area contributed by atoms with Gasteiger partial charge in [-0.15, -0.1) is 0 Å². The fraction of sp³-hybridized carbons (Fsp3) is 0.286. The van der Waals surface area contributed by atoms with Crippen LogP contribution in [0.1, 0.15) is 30.6 Å². The van der Waals surface area contributed by atoms with E-state index in [1.54, 1.807) is 18.2 Å². The first-order valence-electron chi connectivity index (χ1n) is 6.79. The minimum Gasteiger partial charge on any atom is -0.350 e. The molecule has 1 atom stereocenters. The van der Waals surface area contributed by atoms with E-state index in [9.17, 15) is 9.59 Å². The van der Waals surface area contributed by atoms with Gasteiger partial charge in [-0.05, 0) is 36.8 Å². The van der Waals surface area contributed by atoms with Gasteiger partial charge in [0.1, 0.15) is 5.69 Å². The summed E-state index contributed by atoms with van der Waals surface area (Å²) in [5.41, 5.74) is 0.602. The first-order valence-corrected chi connectivity index (χ1v) is 7.95. The van der Waals surface area contributed by atoms with E-state index in [1.807, 2.05) is 6.92 Å². The van der Waals surface area contributed by atoms with Crippen molar-refractivity contribution in [3.05, 3.63) is 54.6 Å². The zero-order valence-electron chi connectivity index (χ0n) is 12.2. The van der Waals surface area contributed by atoms with Crippen LogP contribution in [0.15, 0.2) is 23.0 Å². The quantitative estimate of drug-likeness (QED) is 0.703. The van der Waals surface area contributed by atoms with Crippen LogP contribution < -0.4 is 10.9 Å². The van der Waals surface area contributed by atoms with Crippen molar-refractivity contribution in [1.82, 2.24) is 20.5 Å². The maximum atomic E-state index is 12.0. The predicted octanol–water partition coefficient (Wildman–Crippen LogP) is 2.94.